The second-order valence-electron chi connectivity index (χ2n) is 3.69. The molecule has 3 nitrogen and oxygen atoms in total. The van der Waals surface area contributed by atoms with Crippen molar-refractivity contribution in [3.8, 4) is 0 Å². The van der Waals surface area contributed by atoms with Gasteiger partial charge in [0.1, 0.15) is 6.42 Å². The zero-order valence-electron chi connectivity index (χ0n) is 9.08. The number of carbonyl (C=O) groups is 1. The Hall–Kier alpha value is -1.65. The van der Waals surface area contributed by atoms with Gasteiger partial charge < -0.3 is 10.0 Å². The van der Waals surface area contributed by atoms with Crippen molar-refractivity contribution >= 4 is 11.7 Å². The monoisotopic (exact) mass is 229 g/mol. The number of alkyl halides is 2. The first-order valence-corrected chi connectivity index (χ1v) is 4.71. The number of carboxylic acid groups (broad SMARTS) is 1. The summed E-state index contributed by atoms with van der Waals surface area (Å²) in [5.41, 5.74) is 0.0659. The first kappa shape index (κ1) is 12.4. The van der Waals surface area contributed by atoms with Gasteiger partial charge in [0.05, 0.1) is 0 Å². The molecule has 0 radical (unpaired) electrons. The van der Waals surface area contributed by atoms with Crippen LogP contribution in [0.3, 0.4) is 0 Å². The van der Waals surface area contributed by atoms with Crippen molar-refractivity contribution in [2.45, 2.75) is 12.3 Å². The molecular weight excluding hydrogens is 216 g/mol. The molecule has 1 N–H and O–H groups in total. The van der Waals surface area contributed by atoms with Gasteiger partial charge in [0.15, 0.2) is 0 Å². The van der Waals surface area contributed by atoms with E-state index < -0.39 is 18.3 Å². The van der Waals surface area contributed by atoms with Crippen LogP contribution in [0.15, 0.2) is 24.3 Å². The van der Waals surface area contributed by atoms with E-state index in [1.165, 1.54) is 23.1 Å². The third kappa shape index (κ3) is 2.68. The van der Waals surface area contributed by atoms with Crippen LogP contribution < -0.4 is 4.90 Å². The summed E-state index contributed by atoms with van der Waals surface area (Å²) in [6, 6.07) is 5.89. The highest BCUT2D eigenvalue weighted by Gasteiger charge is 2.36. The largest absolute Gasteiger partial charge is 0.481 e. The average molecular weight is 229 g/mol. The first-order chi connectivity index (χ1) is 7.34. The number of halogens is 2. The van der Waals surface area contributed by atoms with Gasteiger partial charge in [-0.1, -0.05) is 18.2 Å². The van der Waals surface area contributed by atoms with Crippen LogP contribution in [0.4, 0.5) is 14.5 Å². The van der Waals surface area contributed by atoms with E-state index in [0.29, 0.717) is 5.69 Å². The van der Waals surface area contributed by atoms with Crippen molar-refractivity contribution < 1.29 is 18.7 Å². The lowest BCUT2D eigenvalue weighted by Crippen LogP contribution is -2.22. The number of hydrogen-bond donors (Lipinski definition) is 1. The van der Waals surface area contributed by atoms with Gasteiger partial charge in [0, 0.05) is 25.3 Å². The van der Waals surface area contributed by atoms with E-state index in [-0.39, 0.29) is 5.56 Å². The van der Waals surface area contributed by atoms with Crippen molar-refractivity contribution in [1.82, 2.24) is 0 Å². The number of para-hydroxylation sites is 1. The number of anilines is 1. The average Bonchev–Trinajstić information content (AvgIpc) is 2.15. The SMILES string of the molecule is CN(C)c1ccccc1C(F)(F)CC(=O)O. The number of carboxylic acids is 1. The molecule has 0 heterocycles. The fourth-order valence-corrected chi connectivity index (χ4v) is 1.46. The molecule has 1 aromatic rings. The Morgan fingerprint density at radius 2 is 1.94 bits per heavy atom. The van der Waals surface area contributed by atoms with Crippen molar-refractivity contribution in [2.24, 2.45) is 0 Å². The molecule has 0 aliphatic rings. The summed E-state index contributed by atoms with van der Waals surface area (Å²) >= 11 is 0. The van der Waals surface area contributed by atoms with Crippen LogP contribution in [0.25, 0.3) is 0 Å². The molecule has 5 heteroatoms. The molecule has 0 unspecified atom stereocenters. The molecule has 0 fully saturated rings. The Morgan fingerprint density at radius 3 is 2.44 bits per heavy atom. The number of nitrogens with zero attached hydrogens (tertiary/aromatic N) is 1. The molecule has 88 valence electrons. The van der Waals surface area contributed by atoms with Gasteiger partial charge >= 0.3 is 5.97 Å². The van der Waals surface area contributed by atoms with Crippen LogP contribution in [0.2, 0.25) is 0 Å². The van der Waals surface area contributed by atoms with Gasteiger partial charge in [-0.15, -0.1) is 0 Å². The topological polar surface area (TPSA) is 40.5 Å². The molecule has 0 saturated heterocycles. The molecule has 0 saturated carbocycles. The van der Waals surface area contributed by atoms with Gasteiger partial charge in [-0.05, 0) is 6.07 Å². The minimum Gasteiger partial charge on any atom is -0.481 e. The fourth-order valence-electron chi connectivity index (χ4n) is 1.46. The number of aliphatic carboxylic acids is 1. The summed E-state index contributed by atoms with van der Waals surface area (Å²) < 4.78 is 27.2. The van der Waals surface area contributed by atoms with Gasteiger partial charge in [-0.3, -0.25) is 4.79 Å². The van der Waals surface area contributed by atoms with Crippen molar-refractivity contribution in [2.75, 3.05) is 19.0 Å². The molecule has 0 spiro atoms. The van der Waals surface area contributed by atoms with Crippen LogP contribution in [-0.2, 0) is 10.7 Å². The zero-order valence-corrected chi connectivity index (χ0v) is 9.08. The molecule has 0 atom stereocenters. The Labute approximate surface area is 92.3 Å². The number of rotatable bonds is 4. The van der Waals surface area contributed by atoms with Crippen molar-refractivity contribution in [3.63, 3.8) is 0 Å². The van der Waals surface area contributed by atoms with Crippen LogP contribution >= 0.6 is 0 Å². The predicted molar refractivity (Wildman–Crippen MR) is 56.9 cm³/mol. The van der Waals surface area contributed by atoms with Crippen molar-refractivity contribution in [3.05, 3.63) is 29.8 Å². The van der Waals surface area contributed by atoms with Gasteiger partial charge in [0.2, 0.25) is 0 Å². The number of hydrogen-bond acceptors (Lipinski definition) is 2. The van der Waals surface area contributed by atoms with Crippen LogP contribution in [0.1, 0.15) is 12.0 Å². The van der Waals surface area contributed by atoms with E-state index in [4.69, 9.17) is 5.11 Å². The standard InChI is InChI=1S/C11H13F2NO2/c1-14(2)9-6-4-3-5-8(9)11(12,13)7-10(15)16/h3-6H,7H2,1-2H3,(H,15,16). The molecule has 0 aliphatic carbocycles. The Morgan fingerprint density at radius 1 is 1.38 bits per heavy atom. The maximum Gasteiger partial charge on any atom is 0.309 e. The molecule has 16 heavy (non-hydrogen) atoms. The van der Waals surface area contributed by atoms with Gasteiger partial charge in [0.25, 0.3) is 5.92 Å². The smallest absolute Gasteiger partial charge is 0.309 e. The van der Waals surface area contributed by atoms with Gasteiger partial charge in [-0.25, -0.2) is 8.78 Å². The maximum atomic E-state index is 13.6. The quantitative estimate of drug-likeness (QED) is 0.861. The third-order valence-corrected chi connectivity index (χ3v) is 2.15. The van der Waals surface area contributed by atoms with E-state index in [1.807, 2.05) is 0 Å². The minimum atomic E-state index is -3.35. The normalized spacial score (nSPS) is 11.2. The summed E-state index contributed by atoms with van der Waals surface area (Å²) in [6.07, 6.45) is -1.20. The second kappa shape index (κ2) is 4.47. The minimum absolute atomic E-state index is 0.262. The molecule has 1 aromatic carbocycles. The fraction of sp³-hybridized carbons (Fsp3) is 0.364. The van der Waals surface area contributed by atoms with E-state index in [1.54, 1.807) is 20.2 Å². The zero-order chi connectivity index (χ0) is 12.3. The van der Waals surface area contributed by atoms with E-state index >= 15 is 0 Å². The molecule has 0 aromatic heterocycles. The first-order valence-electron chi connectivity index (χ1n) is 4.71. The predicted octanol–water partition coefficient (Wildman–Crippen LogP) is 2.32. The Kier molecular flexibility index (Phi) is 3.47. The highest BCUT2D eigenvalue weighted by atomic mass is 19.3. The van der Waals surface area contributed by atoms with E-state index in [9.17, 15) is 13.6 Å². The lowest BCUT2D eigenvalue weighted by atomic mass is 10.0. The summed E-state index contributed by atoms with van der Waals surface area (Å²) in [5.74, 6) is -4.87. The van der Waals surface area contributed by atoms with E-state index in [2.05, 4.69) is 0 Å². The van der Waals surface area contributed by atoms with Gasteiger partial charge in [-0.2, -0.15) is 0 Å². The van der Waals surface area contributed by atoms with Crippen LogP contribution in [-0.4, -0.2) is 25.2 Å². The maximum absolute atomic E-state index is 13.6. The molecule has 0 aliphatic heterocycles. The molecule has 1 rings (SSSR count). The molecular formula is C11H13F2NO2. The van der Waals surface area contributed by atoms with Crippen LogP contribution in [0, 0.1) is 0 Å². The van der Waals surface area contributed by atoms with E-state index in [0.717, 1.165) is 0 Å². The van der Waals surface area contributed by atoms with Crippen molar-refractivity contribution in [1.29, 1.82) is 0 Å². The summed E-state index contributed by atoms with van der Waals surface area (Å²) in [7, 11) is 3.27. The summed E-state index contributed by atoms with van der Waals surface area (Å²) in [5, 5.41) is 8.45. The number of benzene rings is 1. The third-order valence-electron chi connectivity index (χ3n) is 2.15. The summed E-state index contributed by atoms with van der Waals surface area (Å²) in [6.45, 7) is 0. The molecule has 0 bridgehead atoms. The Balaban J connectivity index is 3.16. The highest BCUT2D eigenvalue weighted by Crippen LogP contribution is 2.37. The molecule has 0 amide bonds. The van der Waals surface area contributed by atoms with Crippen LogP contribution in [0.5, 0.6) is 0 Å². The Bertz CT molecular complexity index is 391. The summed E-state index contributed by atoms with van der Waals surface area (Å²) in [4.78, 5) is 11.9. The lowest BCUT2D eigenvalue weighted by Gasteiger charge is -2.22. The lowest BCUT2D eigenvalue weighted by molar-refractivity contribution is -0.145. The second-order valence-corrected chi connectivity index (χ2v) is 3.69. The highest BCUT2D eigenvalue weighted by molar-refractivity contribution is 5.69.